The van der Waals surface area contributed by atoms with E-state index in [1.807, 2.05) is 22.9 Å². The molecule has 0 amide bonds. The number of pyridine rings is 1. The van der Waals surface area contributed by atoms with Crippen LogP contribution in [0.15, 0.2) is 83.7 Å². The van der Waals surface area contributed by atoms with Crippen LogP contribution in [0.2, 0.25) is 0 Å². The first-order chi connectivity index (χ1) is 19.0. The smallest absolute Gasteiger partial charge is 0.252 e. The number of hydrogen-bond donors (Lipinski definition) is 1. The maximum absolute atomic E-state index is 13.3. The fraction of sp³-hybridized carbons (Fsp3) is 0.312. The Balaban J connectivity index is 1.46. The van der Waals surface area contributed by atoms with Gasteiger partial charge in [-0.05, 0) is 77.9 Å². The van der Waals surface area contributed by atoms with Crippen molar-refractivity contribution in [1.29, 1.82) is 0 Å². The van der Waals surface area contributed by atoms with E-state index >= 15 is 0 Å². The molecule has 1 N–H and O–H groups in total. The number of hydrogen-bond acceptors (Lipinski definition) is 5. The average Bonchev–Trinajstić information content (AvgIpc) is 3.41. The molecule has 0 aliphatic carbocycles. The first kappa shape index (κ1) is 26.5. The number of benzene rings is 3. The summed E-state index contributed by atoms with van der Waals surface area (Å²) in [4.78, 5) is 18.8. The van der Waals surface area contributed by atoms with Gasteiger partial charge in [-0.25, -0.2) is 4.68 Å². The van der Waals surface area contributed by atoms with Gasteiger partial charge in [0.15, 0.2) is 5.82 Å². The molecule has 0 saturated carbocycles. The topological polar surface area (TPSA) is 79.7 Å². The number of nitrogens with one attached hydrogen (secondary N) is 1. The summed E-state index contributed by atoms with van der Waals surface area (Å²) in [7, 11) is 0. The van der Waals surface area contributed by atoms with E-state index in [1.165, 1.54) is 11.1 Å². The van der Waals surface area contributed by atoms with Crippen LogP contribution < -0.4 is 5.56 Å². The molecule has 0 saturated heterocycles. The van der Waals surface area contributed by atoms with Gasteiger partial charge in [-0.2, -0.15) is 0 Å². The van der Waals surface area contributed by atoms with Gasteiger partial charge in [0, 0.05) is 36.1 Å². The molecule has 5 rings (SSSR count). The Morgan fingerprint density at radius 1 is 0.923 bits per heavy atom. The van der Waals surface area contributed by atoms with Gasteiger partial charge < -0.3 is 4.98 Å². The van der Waals surface area contributed by atoms with Gasteiger partial charge in [0.2, 0.25) is 0 Å². The molecule has 5 aromatic rings. The highest BCUT2D eigenvalue weighted by Gasteiger charge is 2.26. The van der Waals surface area contributed by atoms with E-state index in [9.17, 15) is 4.79 Å². The second-order valence-corrected chi connectivity index (χ2v) is 10.3. The van der Waals surface area contributed by atoms with Crippen LogP contribution in [0.4, 0.5) is 0 Å². The van der Waals surface area contributed by atoms with E-state index in [2.05, 4.69) is 107 Å². The summed E-state index contributed by atoms with van der Waals surface area (Å²) in [6.07, 6.45) is 2.54. The van der Waals surface area contributed by atoms with Gasteiger partial charge in [0.25, 0.3) is 5.56 Å². The Hall–Kier alpha value is -4.10. The third kappa shape index (κ3) is 6.32. The molecule has 0 aliphatic heterocycles. The minimum absolute atomic E-state index is 0.0336. The van der Waals surface area contributed by atoms with Crippen LogP contribution >= 0.6 is 0 Å². The first-order valence-electron chi connectivity index (χ1n) is 13.7. The number of rotatable bonds is 11. The second-order valence-electron chi connectivity index (χ2n) is 10.3. The molecule has 0 unspecified atom stereocenters. The van der Waals surface area contributed by atoms with Crippen molar-refractivity contribution in [2.24, 2.45) is 0 Å². The van der Waals surface area contributed by atoms with Crippen molar-refractivity contribution in [2.45, 2.75) is 59.2 Å². The van der Waals surface area contributed by atoms with Crippen LogP contribution in [0, 0.1) is 13.8 Å². The quantitative estimate of drug-likeness (QED) is 0.246. The monoisotopic (exact) mass is 520 g/mol. The molecule has 3 aromatic carbocycles. The molecule has 0 fully saturated rings. The van der Waals surface area contributed by atoms with E-state index in [1.54, 1.807) is 0 Å². The molecular formula is C32H36N6O. The Kier molecular flexibility index (Phi) is 8.27. The Bertz CT molecular complexity index is 1580. The first-order valence-corrected chi connectivity index (χ1v) is 13.7. The molecule has 0 spiro atoms. The molecule has 7 nitrogen and oxygen atoms in total. The predicted molar refractivity (Wildman–Crippen MR) is 156 cm³/mol. The molecule has 7 heteroatoms. The molecule has 0 aliphatic rings. The zero-order valence-electron chi connectivity index (χ0n) is 23.0. The molecule has 1 atom stereocenters. The van der Waals surface area contributed by atoms with Crippen molar-refractivity contribution in [1.82, 2.24) is 30.1 Å². The van der Waals surface area contributed by atoms with Gasteiger partial charge in [0.05, 0.1) is 6.04 Å². The van der Waals surface area contributed by atoms with Crippen LogP contribution in [-0.2, 0) is 25.9 Å². The van der Waals surface area contributed by atoms with Crippen molar-refractivity contribution < 1.29 is 0 Å². The van der Waals surface area contributed by atoms with Crippen molar-refractivity contribution in [2.75, 3.05) is 6.54 Å². The third-order valence-corrected chi connectivity index (χ3v) is 7.43. The van der Waals surface area contributed by atoms with Crippen LogP contribution in [0.1, 0.15) is 53.0 Å². The maximum atomic E-state index is 13.3. The maximum Gasteiger partial charge on any atom is 0.252 e. The third-order valence-electron chi connectivity index (χ3n) is 7.43. The summed E-state index contributed by atoms with van der Waals surface area (Å²) in [6.45, 7) is 8.30. The van der Waals surface area contributed by atoms with E-state index in [0.717, 1.165) is 59.2 Å². The number of aryl methyl sites for hydroxylation is 4. The Morgan fingerprint density at radius 3 is 2.31 bits per heavy atom. The minimum atomic E-state index is -0.0456. The lowest BCUT2D eigenvalue weighted by Gasteiger charge is -2.30. The normalized spacial score (nSPS) is 12.3. The van der Waals surface area contributed by atoms with Crippen LogP contribution in [0.3, 0.4) is 0 Å². The highest BCUT2D eigenvalue weighted by atomic mass is 16.1. The summed E-state index contributed by atoms with van der Waals surface area (Å²) in [5.74, 6) is 0.838. The summed E-state index contributed by atoms with van der Waals surface area (Å²) in [6, 6.07) is 27.1. The zero-order chi connectivity index (χ0) is 27.2. The predicted octanol–water partition coefficient (Wildman–Crippen LogP) is 5.57. The number of fused-ring (bicyclic) bond motifs is 1. The molecule has 200 valence electrons. The number of aromatic nitrogens is 5. The lowest BCUT2D eigenvalue weighted by molar-refractivity contribution is 0.171. The zero-order valence-corrected chi connectivity index (χ0v) is 23.0. The fourth-order valence-corrected chi connectivity index (χ4v) is 5.41. The molecule has 2 heterocycles. The van der Waals surface area contributed by atoms with E-state index in [-0.39, 0.29) is 11.6 Å². The second kappa shape index (κ2) is 12.2. The number of aromatic amines is 1. The van der Waals surface area contributed by atoms with E-state index < -0.39 is 0 Å². The van der Waals surface area contributed by atoms with E-state index in [4.69, 9.17) is 0 Å². The highest BCUT2D eigenvalue weighted by Crippen LogP contribution is 2.26. The van der Waals surface area contributed by atoms with Crippen LogP contribution in [0.25, 0.3) is 10.9 Å². The lowest BCUT2D eigenvalue weighted by atomic mass is 10.0. The van der Waals surface area contributed by atoms with Crippen molar-refractivity contribution in [3.63, 3.8) is 0 Å². The average molecular weight is 521 g/mol. The van der Waals surface area contributed by atoms with Gasteiger partial charge >= 0.3 is 0 Å². The molecule has 39 heavy (non-hydrogen) atoms. The van der Waals surface area contributed by atoms with Crippen molar-refractivity contribution in [3.8, 4) is 0 Å². The SMILES string of the molecule is CC[C@@H](c1nnnn1CCc1ccccc1)N(CCc1ccccc1)Cc1cc2c(C)cc(C)cc2[nH]c1=O. The van der Waals surface area contributed by atoms with Gasteiger partial charge in [0.1, 0.15) is 0 Å². The van der Waals surface area contributed by atoms with Crippen LogP contribution in [-0.4, -0.2) is 36.6 Å². The van der Waals surface area contributed by atoms with Crippen molar-refractivity contribution in [3.05, 3.63) is 123 Å². The largest absolute Gasteiger partial charge is 0.322 e. The number of H-pyrrole nitrogens is 1. The summed E-state index contributed by atoms with van der Waals surface area (Å²) in [5.41, 5.74) is 6.41. The Labute approximate surface area is 229 Å². The molecule has 0 bridgehead atoms. The summed E-state index contributed by atoms with van der Waals surface area (Å²) >= 11 is 0. The standard InChI is InChI=1S/C32H36N6O/c1-4-30(31-34-35-36-38(31)18-16-26-13-9-6-10-14-26)37(17-15-25-11-7-5-8-12-25)22-27-21-28-24(3)19-23(2)20-29(28)33-32(27)39/h5-14,19-21,30H,4,15-18,22H2,1-3H3,(H,33,39)/t30-/m0/s1. The highest BCUT2D eigenvalue weighted by molar-refractivity contribution is 5.83. The summed E-state index contributed by atoms with van der Waals surface area (Å²) in [5, 5.41) is 14.0. The minimum Gasteiger partial charge on any atom is -0.322 e. The Morgan fingerprint density at radius 2 is 1.62 bits per heavy atom. The van der Waals surface area contributed by atoms with E-state index in [0.29, 0.717) is 13.1 Å². The molecular weight excluding hydrogens is 484 g/mol. The van der Waals surface area contributed by atoms with Crippen molar-refractivity contribution >= 4 is 10.9 Å². The van der Waals surface area contributed by atoms with Gasteiger partial charge in [-0.1, -0.05) is 73.7 Å². The molecule has 2 aromatic heterocycles. The van der Waals surface area contributed by atoms with Crippen LogP contribution in [0.5, 0.6) is 0 Å². The number of nitrogens with zero attached hydrogens (tertiary/aromatic N) is 5. The molecule has 0 radical (unpaired) electrons. The fourth-order valence-electron chi connectivity index (χ4n) is 5.41. The summed E-state index contributed by atoms with van der Waals surface area (Å²) < 4.78 is 1.92. The van der Waals surface area contributed by atoms with Gasteiger partial charge in [-0.3, -0.25) is 9.69 Å². The lowest BCUT2D eigenvalue weighted by Crippen LogP contribution is -2.34. The van der Waals surface area contributed by atoms with Gasteiger partial charge in [-0.15, -0.1) is 5.10 Å². The number of tetrazole rings is 1.